The highest BCUT2D eigenvalue weighted by atomic mass is 19.1. The molecule has 1 heterocycles. The molecule has 1 saturated heterocycles. The third kappa shape index (κ3) is 5.70. The Bertz CT molecular complexity index is 898. The molecule has 1 fully saturated rings. The molecular formula is C22H27FN3O4+. The van der Waals surface area contributed by atoms with Crippen LogP contribution in [0.4, 0.5) is 10.1 Å². The monoisotopic (exact) mass is 416 g/mol. The lowest BCUT2D eigenvalue weighted by atomic mass is 10.1. The summed E-state index contributed by atoms with van der Waals surface area (Å²) in [5, 5.41) is 2.71. The van der Waals surface area contributed by atoms with Crippen LogP contribution in [0.25, 0.3) is 0 Å². The molecule has 0 aliphatic carbocycles. The van der Waals surface area contributed by atoms with Gasteiger partial charge in [-0.2, -0.15) is 0 Å². The summed E-state index contributed by atoms with van der Waals surface area (Å²) < 4.78 is 23.7. The summed E-state index contributed by atoms with van der Waals surface area (Å²) >= 11 is 0. The number of quaternary nitrogens is 1. The van der Waals surface area contributed by atoms with Gasteiger partial charge in [0.2, 0.25) is 5.91 Å². The minimum atomic E-state index is -0.387. The summed E-state index contributed by atoms with van der Waals surface area (Å²) in [7, 11) is 3.14. The van der Waals surface area contributed by atoms with Crippen molar-refractivity contribution in [3.63, 3.8) is 0 Å². The van der Waals surface area contributed by atoms with Gasteiger partial charge in [0.25, 0.3) is 5.91 Å². The minimum absolute atomic E-state index is 0.0467. The van der Waals surface area contributed by atoms with Crippen LogP contribution in [-0.4, -0.2) is 63.7 Å². The molecule has 2 amide bonds. The van der Waals surface area contributed by atoms with Crippen molar-refractivity contribution in [1.29, 1.82) is 0 Å². The number of methoxy groups -OCH3 is 2. The van der Waals surface area contributed by atoms with E-state index < -0.39 is 0 Å². The molecule has 0 aromatic heterocycles. The smallest absolute Gasteiger partial charge is 0.279 e. The van der Waals surface area contributed by atoms with Gasteiger partial charge in [-0.15, -0.1) is 0 Å². The second kappa shape index (κ2) is 10.1. The molecule has 0 bridgehead atoms. The lowest BCUT2D eigenvalue weighted by Crippen LogP contribution is -3.15. The third-order valence-corrected chi connectivity index (χ3v) is 5.15. The van der Waals surface area contributed by atoms with E-state index in [2.05, 4.69) is 5.32 Å². The molecule has 0 radical (unpaired) electrons. The normalized spacial score (nSPS) is 14.3. The Balaban J connectivity index is 1.46. The van der Waals surface area contributed by atoms with E-state index in [1.54, 1.807) is 32.4 Å². The molecule has 3 rings (SSSR count). The SMILES string of the molecule is COc1ccc(CC(=O)N2CC[NH+](CC(=O)Nc3cccc(F)c3)CC2)cc1OC. The van der Waals surface area contributed by atoms with Crippen molar-refractivity contribution in [2.45, 2.75) is 6.42 Å². The minimum Gasteiger partial charge on any atom is -0.493 e. The maximum absolute atomic E-state index is 13.2. The quantitative estimate of drug-likeness (QED) is 0.699. The van der Waals surface area contributed by atoms with Crippen molar-refractivity contribution in [1.82, 2.24) is 4.90 Å². The second-order valence-electron chi connectivity index (χ2n) is 7.23. The summed E-state index contributed by atoms with van der Waals surface area (Å²) in [6.07, 6.45) is 0.287. The van der Waals surface area contributed by atoms with Crippen molar-refractivity contribution in [2.24, 2.45) is 0 Å². The van der Waals surface area contributed by atoms with Gasteiger partial charge in [0.05, 0.1) is 46.8 Å². The van der Waals surface area contributed by atoms with Crippen molar-refractivity contribution in [3.05, 3.63) is 53.8 Å². The zero-order valence-corrected chi connectivity index (χ0v) is 17.2. The Labute approximate surface area is 175 Å². The van der Waals surface area contributed by atoms with Crippen LogP contribution in [0.3, 0.4) is 0 Å². The summed E-state index contributed by atoms with van der Waals surface area (Å²) in [6, 6.07) is 11.3. The third-order valence-electron chi connectivity index (χ3n) is 5.15. The molecule has 0 unspecified atom stereocenters. The number of amides is 2. The topological polar surface area (TPSA) is 72.3 Å². The van der Waals surface area contributed by atoms with E-state index in [0.717, 1.165) is 10.5 Å². The Morgan fingerprint density at radius 3 is 2.47 bits per heavy atom. The first-order valence-electron chi connectivity index (χ1n) is 9.86. The largest absolute Gasteiger partial charge is 0.493 e. The number of benzene rings is 2. The molecule has 7 nitrogen and oxygen atoms in total. The van der Waals surface area contributed by atoms with E-state index in [4.69, 9.17) is 9.47 Å². The number of hydrogen-bond donors (Lipinski definition) is 2. The van der Waals surface area contributed by atoms with E-state index in [0.29, 0.717) is 43.4 Å². The maximum atomic E-state index is 13.2. The van der Waals surface area contributed by atoms with Gasteiger partial charge in [-0.25, -0.2) is 4.39 Å². The molecule has 2 aromatic carbocycles. The average molecular weight is 416 g/mol. The molecule has 1 aliphatic heterocycles. The molecule has 0 saturated carbocycles. The Morgan fingerprint density at radius 1 is 1.07 bits per heavy atom. The fourth-order valence-corrected chi connectivity index (χ4v) is 3.52. The molecule has 2 N–H and O–H groups in total. The molecule has 2 aromatic rings. The number of carbonyl (C=O) groups is 2. The fraction of sp³-hybridized carbons (Fsp3) is 0.364. The van der Waals surface area contributed by atoms with Crippen LogP contribution in [-0.2, 0) is 16.0 Å². The lowest BCUT2D eigenvalue weighted by Gasteiger charge is -2.32. The number of halogens is 1. The van der Waals surface area contributed by atoms with E-state index in [-0.39, 0.29) is 30.6 Å². The molecule has 0 atom stereocenters. The van der Waals surface area contributed by atoms with Crippen LogP contribution in [0.5, 0.6) is 11.5 Å². The molecule has 160 valence electrons. The van der Waals surface area contributed by atoms with E-state index in [1.807, 2.05) is 17.0 Å². The number of piperazine rings is 1. The van der Waals surface area contributed by atoms with E-state index >= 15 is 0 Å². The van der Waals surface area contributed by atoms with Gasteiger partial charge in [0.15, 0.2) is 18.0 Å². The zero-order valence-electron chi connectivity index (χ0n) is 17.2. The summed E-state index contributed by atoms with van der Waals surface area (Å²) in [5.41, 5.74) is 1.31. The first-order valence-corrected chi connectivity index (χ1v) is 9.86. The van der Waals surface area contributed by atoms with Crippen LogP contribution in [0, 0.1) is 5.82 Å². The fourth-order valence-electron chi connectivity index (χ4n) is 3.52. The van der Waals surface area contributed by atoms with Gasteiger partial charge in [-0.1, -0.05) is 12.1 Å². The van der Waals surface area contributed by atoms with E-state index in [1.165, 1.54) is 12.1 Å². The summed E-state index contributed by atoms with van der Waals surface area (Å²) in [6.45, 7) is 2.85. The predicted octanol–water partition coefficient (Wildman–Crippen LogP) is 0.751. The highest BCUT2D eigenvalue weighted by Gasteiger charge is 2.25. The van der Waals surface area contributed by atoms with Crippen LogP contribution in [0.15, 0.2) is 42.5 Å². The Morgan fingerprint density at radius 2 is 1.80 bits per heavy atom. The highest BCUT2D eigenvalue weighted by molar-refractivity contribution is 5.91. The van der Waals surface area contributed by atoms with Crippen LogP contribution >= 0.6 is 0 Å². The lowest BCUT2D eigenvalue weighted by molar-refractivity contribution is -0.895. The van der Waals surface area contributed by atoms with E-state index in [9.17, 15) is 14.0 Å². The number of anilines is 1. The standard InChI is InChI=1S/C22H26FN3O4/c1-29-19-7-6-16(12-20(19)30-2)13-22(28)26-10-8-25(9-11-26)15-21(27)24-18-5-3-4-17(23)14-18/h3-7,12,14H,8-11,13,15H2,1-2H3,(H,24,27)/p+1. The van der Waals surface area contributed by atoms with Gasteiger partial charge >= 0.3 is 0 Å². The molecular weight excluding hydrogens is 389 g/mol. The first-order chi connectivity index (χ1) is 14.5. The number of nitrogens with one attached hydrogen (secondary N) is 2. The van der Waals surface area contributed by atoms with Crippen LogP contribution < -0.4 is 19.7 Å². The van der Waals surface area contributed by atoms with Crippen molar-refractivity contribution >= 4 is 17.5 Å². The second-order valence-corrected chi connectivity index (χ2v) is 7.23. The predicted molar refractivity (Wildman–Crippen MR) is 110 cm³/mol. The molecule has 30 heavy (non-hydrogen) atoms. The highest BCUT2D eigenvalue weighted by Crippen LogP contribution is 2.27. The molecule has 1 aliphatic rings. The first kappa shape index (κ1) is 21.6. The molecule has 0 spiro atoms. The average Bonchev–Trinajstić information content (AvgIpc) is 2.74. The van der Waals surface area contributed by atoms with Gasteiger partial charge in [-0.3, -0.25) is 9.59 Å². The number of rotatable bonds is 7. The number of carbonyl (C=O) groups excluding carboxylic acids is 2. The zero-order chi connectivity index (χ0) is 21.5. The summed E-state index contributed by atoms with van der Waals surface area (Å²) in [5.74, 6) is 0.719. The number of hydrogen-bond acceptors (Lipinski definition) is 4. The Kier molecular flexibility index (Phi) is 7.24. The van der Waals surface area contributed by atoms with Crippen LogP contribution in [0.2, 0.25) is 0 Å². The van der Waals surface area contributed by atoms with Gasteiger partial charge in [0.1, 0.15) is 5.82 Å². The van der Waals surface area contributed by atoms with Crippen molar-refractivity contribution in [2.75, 3.05) is 52.3 Å². The Hall–Kier alpha value is -3.13. The van der Waals surface area contributed by atoms with Crippen molar-refractivity contribution in [3.8, 4) is 11.5 Å². The van der Waals surface area contributed by atoms with Crippen molar-refractivity contribution < 1.29 is 28.4 Å². The summed E-state index contributed by atoms with van der Waals surface area (Å²) in [4.78, 5) is 27.8. The number of nitrogens with zero attached hydrogens (tertiary/aromatic N) is 1. The van der Waals surface area contributed by atoms with Gasteiger partial charge in [0, 0.05) is 5.69 Å². The molecule has 8 heteroatoms. The van der Waals surface area contributed by atoms with Gasteiger partial charge < -0.3 is 24.6 Å². The van der Waals surface area contributed by atoms with Crippen LogP contribution in [0.1, 0.15) is 5.56 Å². The number of ether oxygens (including phenoxy) is 2. The maximum Gasteiger partial charge on any atom is 0.279 e. The van der Waals surface area contributed by atoms with Gasteiger partial charge in [-0.05, 0) is 35.9 Å².